The minimum atomic E-state index is -0.399. The van der Waals surface area contributed by atoms with Crippen LogP contribution in [0.1, 0.15) is 67.3 Å². The van der Waals surface area contributed by atoms with Gasteiger partial charge in [-0.25, -0.2) is 4.98 Å². The Morgan fingerprint density at radius 2 is 1.67 bits per heavy atom. The van der Waals surface area contributed by atoms with E-state index in [0.717, 1.165) is 63.2 Å². The summed E-state index contributed by atoms with van der Waals surface area (Å²) in [5.41, 5.74) is 4.97. The second kappa shape index (κ2) is 18.2. The summed E-state index contributed by atoms with van der Waals surface area (Å²) in [7, 11) is 3.56. The van der Waals surface area contributed by atoms with Crippen LogP contribution in [-0.2, 0) is 14.4 Å². The summed E-state index contributed by atoms with van der Waals surface area (Å²) in [5.74, 6) is 1.31. The predicted molar refractivity (Wildman–Crippen MR) is 226 cm³/mol. The van der Waals surface area contributed by atoms with Gasteiger partial charge in [0.05, 0.1) is 31.2 Å². The molecular weight excluding hydrogens is 758 g/mol. The molecule has 14 nitrogen and oxygen atoms in total. The van der Waals surface area contributed by atoms with E-state index in [0.29, 0.717) is 64.8 Å². The highest BCUT2D eigenvalue weighted by Crippen LogP contribution is 2.35. The van der Waals surface area contributed by atoms with Crippen LogP contribution in [0.4, 0.5) is 34.5 Å². The SMILES string of the molecule is COc1cc(N2CCC(N(C)C(=O)CN3CCC(c4ccc(NC5CCC(=O)NC5=O)cc4)CC3)CC2)ccc1Nc1ncc(Cl)c(Nc2ccccc2C(C)=O)n1. The average molecular weight is 808 g/mol. The predicted octanol–water partition coefficient (Wildman–Crippen LogP) is 6.35. The van der Waals surface area contributed by atoms with Crippen molar-refractivity contribution in [2.45, 2.75) is 63.5 Å². The van der Waals surface area contributed by atoms with Gasteiger partial charge in [-0.2, -0.15) is 4.98 Å². The van der Waals surface area contributed by atoms with Crippen LogP contribution in [0.5, 0.6) is 5.75 Å². The number of carbonyl (C=O) groups is 4. The van der Waals surface area contributed by atoms with Gasteiger partial charge in [0.15, 0.2) is 11.6 Å². The number of imide groups is 1. The summed E-state index contributed by atoms with van der Waals surface area (Å²) in [6, 6.07) is 21.2. The number of hydrogen-bond acceptors (Lipinski definition) is 12. The molecule has 1 unspecified atom stereocenters. The van der Waals surface area contributed by atoms with Crippen molar-refractivity contribution in [1.82, 2.24) is 25.1 Å². The number of piperidine rings is 3. The van der Waals surface area contributed by atoms with E-state index in [9.17, 15) is 19.2 Å². The van der Waals surface area contributed by atoms with E-state index in [4.69, 9.17) is 16.3 Å². The summed E-state index contributed by atoms with van der Waals surface area (Å²) >= 11 is 6.42. The number of ketones is 1. The van der Waals surface area contributed by atoms with Crippen LogP contribution in [0.15, 0.2) is 72.9 Å². The molecule has 58 heavy (non-hydrogen) atoms. The molecule has 304 valence electrons. The van der Waals surface area contributed by atoms with E-state index in [-0.39, 0.29) is 29.5 Å². The van der Waals surface area contributed by atoms with E-state index in [2.05, 4.69) is 53.2 Å². The van der Waals surface area contributed by atoms with Crippen LogP contribution < -0.4 is 30.9 Å². The van der Waals surface area contributed by atoms with E-state index in [1.165, 1.54) is 18.7 Å². The van der Waals surface area contributed by atoms with Crippen molar-refractivity contribution in [3.63, 3.8) is 0 Å². The van der Waals surface area contributed by atoms with Gasteiger partial charge in [0.1, 0.15) is 16.8 Å². The molecule has 7 rings (SSSR count). The second-order valence-corrected chi connectivity index (χ2v) is 15.6. The quantitative estimate of drug-likeness (QED) is 0.0877. The van der Waals surface area contributed by atoms with Gasteiger partial charge in [0.25, 0.3) is 0 Å². The highest BCUT2D eigenvalue weighted by Gasteiger charge is 2.29. The van der Waals surface area contributed by atoms with E-state index >= 15 is 0 Å². The number of anilines is 6. The second-order valence-electron chi connectivity index (χ2n) is 15.2. The zero-order valence-electron chi connectivity index (χ0n) is 33.1. The normalized spacial score (nSPS) is 18.0. The topological polar surface area (TPSA) is 161 Å². The monoisotopic (exact) mass is 807 g/mol. The maximum atomic E-state index is 13.5. The molecule has 1 aromatic heterocycles. The van der Waals surface area contributed by atoms with Crippen LogP contribution in [0.2, 0.25) is 5.02 Å². The third-order valence-corrected chi connectivity index (χ3v) is 11.7. The Morgan fingerprint density at radius 3 is 2.38 bits per heavy atom. The largest absolute Gasteiger partial charge is 0.494 e. The molecule has 1 atom stereocenters. The number of carbonyl (C=O) groups excluding carboxylic acids is 4. The van der Waals surface area contributed by atoms with Crippen LogP contribution in [0, 0.1) is 0 Å². The fraction of sp³-hybridized carbons (Fsp3) is 0.395. The van der Waals surface area contributed by atoms with Crippen molar-refractivity contribution in [3.8, 4) is 5.75 Å². The van der Waals surface area contributed by atoms with Crippen molar-refractivity contribution in [3.05, 3.63) is 89.1 Å². The molecule has 4 heterocycles. The number of nitrogens with one attached hydrogen (secondary N) is 4. The number of Topliss-reactive ketones (excluding diaryl/α,β-unsaturated/α-hetero) is 1. The summed E-state index contributed by atoms with van der Waals surface area (Å²) in [4.78, 5) is 64.6. The van der Waals surface area contributed by atoms with Crippen LogP contribution in [0.25, 0.3) is 0 Å². The van der Waals surface area contributed by atoms with Crippen molar-refractivity contribution in [1.29, 1.82) is 0 Å². The van der Waals surface area contributed by atoms with Gasteiger partial charge in [0, 0.05) is 55.6 Å². The average Bonchev–Trinajstić information content (AvgIpc) is 3.23. The first-order valence-corrected chi connectivity index (χ1v) is 20.2. The third kappa shape index (κ3) is 9.68. The van der Waals surface area contributed by atoms with Crippen molar-refractivity contribution < 1.29 is 23.9 Å². The Morgan fingerprint density at radius 1 is 0.931 bits per heavy atom. The first kappa shape index (κ1) is 40.5. The van der Waals surface area contributed by atoms with E-state index in [1.807, 2.05) is 48.3 Å². The van der Waals surface area contributed by atoms with Crippen LogP contribution in [-0.4, -0.2) is 102 Å². The summed E-state index contributed by atoms with van der Waals surface area (Å²) in [6.07, 6.45) is 6.03. The maximum absolute atomic E-state index is 13.5. The Balaban J connectivity index is 0.870. The number of halogens is 1. The van der Waals surface area contributed by atoms with Gasteiger partial charge in [-0.15, -0.1) is 0 Å². The minimum absolute atomic E-state index is 0.0744. The van der Waals surface area contributed by atoms with Gasteiger partial charge in [0.2, 0.25) is 23.7 Å². The van der Waals surface area contributed by atoms with Crippen molar-refractivity contribution in [2.24, 2.45) is 0 Å². The first-order chi connectivity index (χ1) is 28.0. The molecule has 0 bridgehead atoms. The lowest BCUT2D eigenvalue weighted by atomic mass is 9.89. The molecule has 3 amide bonds. The number of likely N-dealkylation sites (tertiary alicyclic amines) is 1. The Bertz CT molecular complexity index is 2140. The summed E-state index contributed by atoms with van der Waals surface area (Å²) in [5, 5.41) is 12.3. The van der Waals surface area contributed by atoms with Crippen LogP contribution >= 0.6 is 11.6 Å². The molecule has 3 aliphatic rings. The molecule has 0 radical (unpaired) electrons. The number of nitrogens with zero attached hydrogens (tertiary/aromatic N) is 5. The molecule has 4 aromatic rings. The molecule has 0 saturated carbocycles. The lowest BCUT2D eigenvalue weighted by Gasteiger charge is -2.39. The van der Waals surface area contributed by atoms with Crippen molar-refractivity contribution >= 4 is 69.6 Å². The minimum Gasteiger partial charge on any atom is -0.494 e. The number of likely N-dealkylation sites (N-methyl/N-ethyl adjacent to an activating group) is 1. The first-order valence-electron chi connectivity index (χ1n) is 19.8. The Labute approximate surface area is 343 Å². The van der Waals surface area contributed by atoms with Crippen LogP contribution in [0.3, 0.4) is 0 Å². The van der Waals surface area contributed by atoms with Crippen molar-refractivity contribution in [2.75, 3.05) is 67.7 Å². The number of ether oxygens (including phenoxy) is 1. The smallest absolute Gasteiger partial charge is 0.249 e. The molecule has 0 aliphatic carbocycles. The fourth-order valence-corrected chi connectivity index (χ4v) is 8.11. The lowest BCUT2D eigenvalue weighted by Crippen LogP contribution is -2.49. The van der Waals surface area contributed by atoms with E-state index in [1.54, 1.807) is 25.3 Å². The number of amides is 3. The lowest BCUT2D eigenvalue weighted by molar-refractivity contribution is -0.134. The number of benzene rings is 3. The standard InChI is InChI=1S/C43H50ClN9O5/c1-27(54)33-6-4-5-7-35(33)47-41-34(44)25-45-43(50-41)48-36-13-12-32(24-38(36)58-3)53-22-18-31(19-23-53)51(2)40(56)26-52-20-16-29(17-21-52)28-8-10-30(11-9-28)46-37-14-15-39(55)49-42(37)57/h4-13,24-25,29,31,37,46H,14-23,26H2,1-3H3,(H,49,55,57)(H2,45,47,48,50). The number of aromatic nitrogens is 2. The highest BCUT2D eigenvalue weighted by atomic mass is 35.5. The Kier molecular flexibility index (Phi) is 12.7. The molecule has 4 N–H and O–H groups in total. The fourth-order valence-electron chi connectivity index (χ4n) is 7.97. The molecule has 3 saturated heterocycles. The zero-order valence-corrected chi connectivity index (χ0v) is 33.8. The summed E-state index contributed by atoms with van der Waals surface area (Å²) < 4.78 is 5.77. The number of para-hydroxylation sites is 1. The zero-order chi connectivity index (χ0) is 40.8. The van der Waals surface area contributed by atoms with Gasteiger partial charge >= 0.3 is 0 Å². The van der Waals surface area contributed by atoms with Gasteiger partial charge in [-0.3, -0.25) is 29.4 Å². The van der Waals surface area contributed by atoms with E-state index < -0.39 is 6.04 Å². The summed E-state index contributed by atoms with van der Waals surface area (Å²) in [6.45, 7) is 5.28. The molecule has 3 aromatic carbocycles. The molecule has 0 spiro atoms. The highest BCUT2D eigenvalue weighted by molar-refractivity contribution is 6.33. The van der Waals surface area contributed by atoms with Gasteiger partial charge in [-0.05, 0) is 100.0 Å². The third-order valence-electron chi connectivity index (χ3n) is 11.4. The number of rotatable bonds is 13. The molecule has 3 fully saturated rings. The molecule has 15 heteroatoms. The number of hydrogen-bond donors (Lipinski definition) is 4. The number of methoxy groups -OCH3 is 1. The van der Waals surface area contributed by atoms with Gasteiger partial charge in [-0.1, -0.05) is 35.9 Å². The molecular formula is C43H50ClN9O5. The van der Waals surface area contributed by atoms with Gasteiger partial charge < -0.3 is 30.5 Å². The Hall–Kier alpha value is -5.73. The molecule has 3 aliphatic heterocycles. The maximum Gasteiger partial charge on any atom is 0.249 e.